The predicted octanol–water partition coefficient (Wildman–Crippen LogP) is 5.01. The Morgan fingerprint density at radius 1 is 1.32 bits per heavy atom. The van der Waals surface area contributed by atoms with E-state index < -0.39 is 0 Å². The standard InChI is InChI=1S/C22H34N2O/c1-17(2)8-6-7-9-18-10-11-21(19(12-18)15-23-16-25)24(5)20-13-22(3,4)14-20/h7,9-12,16-17,20H,6,8,13-15H2,1-5H3,(H,23,25)/b9-7-. The van der Waals surface area contributed by atoms with Crippen molar-refractivity contribution in [3.63, 3.8) is 0 Å². The minimum absolute atomic E-state index is 0.458. The Labute approximate surface area is 153 Å². The topological polar surface area (TPSA) is 32.3 Å². The number of allylic oxidation sites excluding steroid dienone is 1. The van der Waals surface area contributed by atoms with Crippen LogP contribution < -0.4 is 10.2 Å². The van der Waals surface area contributed by atoms with Gasteiger partial charge in [0.1, 0.15) is 0 Å². The number of carbonyl (C=O) groups is 1. The van der Waals surface area contributed by atoms with Gasteiger partial charge in [0.15, 0.2) is 0 Å². The number of rotatable bonds is 9. The molecule has 0 spiro atoms. The van der Waals surface area contributed by atoms with Crippen molar-refractivity contribution in [3.8, 4) is 0 Å². The summed E-state index contributed by atoms with van der Waals surface area (Å²) >= 11 is 0. The van der Waals surface area contributed by atoms with Crippen LogP contribution in [0.3, 0.4) is 0 Å². The molecule has 0 atom stereocenters. The third-order valence-corrected chi connectivity index (χ3v) is 5.20. The number of nitrogens with zero attached hydrogens (tertiary/aromatic N) is 1. The molecule has 1 saturated carbocycles. The first kappa shape index (κ1) is 19.6. The van der Waals surface area contributed by atoms with Gasteiger partial charge in [-0.25, -0.2) is 0 Å². The van der Waals surface area contributed by atoms with Gasteiger partial charge in [-0.3, -0.25) is 4.79 Å². The van der Waals surface area contributed by atoms with Gasteiger partial charge in [0.25, 0.3) is 0 Å². The minimum Gasteiger partial charge on any atom is -0.371 e. The Morgan fingerprint density at radius 3 is 2.64 bits per heavy atom. The van der Waals surface area contributed by atoms with E-state index in [9.17, 15) is 4.79 Å². The molecule has 1 N–H and O–H groups in total. The lowest BCUT2D eigenvalue weighted by Crippen LogP contribution is -2.47. The lowest BCUT2D eigenvalue weighted by atomic mass is 9.68. The van der Waals surface area contributed by atoms with Crippen LogP contribution in [0.15, 0.2) is 24.3 Å². The SMILES string of the molecule is CC(C)CC/C=C\c1ccc(N(C)C2CC(C)(C)C2)c(CNC=O)c1. The summed E-state index contributed by atoms with van der Waals surface area (Å²) in [5.74, 6) is 0.736. The second-order valence-electron chi connectivity index (χ2n) is 8.60. The highest BCUT2D eigenvalue weighted by atomic mass is 16.1. The van der Waals surface area contributed by atoms with Crippen molar-refractivity contribution in [1.29, 1.82) is 0 Å². The molecule has 2 rings (SSSR count). The number of nitrogens with one attached hydrogen (secondary N) is 1. The fraction of sp³-hybridized carbons (Fsp3) is 0.591. The number of hydrogen-bond donors (Lipinski definition) is 1. The quantitative estimate of drug-likeness (QED) is 0.640. The van der Waals surface area contributed by atoms with Crippen molar-refractivity contribution in [1.82, 2.24) is 5.32 Å². The molecule has 0 radical (unpaired) electrons. The van der Waals surface area contributed by atoms with Crippen LogP contribution in [-0.4, -0.2) is 19.5 Å². The van der Waals surface area contributed by atoms with Crippen molar-refractivity contribution in [2.24, 2.45) is 11.3 Å². The molecule has 0 heterocycles. The zero-order valence-electron chi connectivity index (χ0n) is 16.5. The van der Waals surface area contributed by atoms with E-state index in [0.29, 0.717) is 18.0 Å². The lowest BCUT2D eigenvalue weighted by molar-refractivity contribution is -0.109. The van der Waals surface area contributed by atoms with Crippen LogP contribution in [0.2, 0.25) is 0 Å². The largest absolute Gasteiger partial charge is 0.371 e. The van der Waals surface area contributed by atoms with Gasteiger partial charge in [-0.15, -0.1) is 0 Å². The van der Waals surface area contributed by atoms with Crippen LogP contribution in [0.4, 0.5) is 5.69 Å². The molecule has 1 aromatic carbocycles. The van der Waals surface area contributed by atoms with E-state index in [1.165, 1.54) is 36.1 Å². The molecule has 138 valence electrons. The van der Waals surface area contributed by atoms with E-state index in [2.05, 4.69) is 75.3 Å². The van der Waals surface area contributed by atoms with Gasteiger partial charge in [-0.2, -0.15) is 0 Å². The van der Waals surface area contributed by atoms with Crippen LogP contribution in [0.5, 0.6) is 0 Å². The van der Waals surface area contributed by atoms with Gasteiger partial charge in [0.05, 0.1) is 0 Å². The van der Waals surface area contributed by atoms with Crippen molar-refractivity contribution in [3.05, 3.63) is 35.4 Å². The number of anilines is 1. The van der Waals surface area contributed by atoms with Crippen LogP contribution in [0, 0.1) is 11.3 Å². The average molecular weight is 343 g/mol. The third-order valence-electron chi connectivity index (χ3n) is 5.20. The van der Waals surface area contributed by atoms with Gasteiger partial charge < -0.3 is 10.2 Å². The Kier molecular flexibility index (Phi) is 6.69. The molecular formula is C22H34N2O. The summed E-state index contributed by atoms with van der Waals surface area (Å²) in [7, 11) is 2.18. The summed E-state index contributed by atoms with van der Waals surface area (Å²) in [6.45, 7) is 9.74. The molecule has 3 heteroatoms. The van der Waals surface area contributed by atoms with E-state index in [1.807, 2.05) is 0 Å². The second kappa shape index (κ2) is 8.55. The maximum atomic E-state index is 10.8. The molecule has 0 aliphatic heterocycles. The Balaban J connectivity index is 2.11. The van der Waals surface area contributed by atoms with Gasteiger partial charge in [-0.1, -0.05) is 45.9 Å². The molecule has 25 heavy (non-hydrogen) atoms. The summed E-state index contributed by atoms with van der Waals surface area (Å²) in [5, 5.41) is 2.83. The van der Waals surface area contributed by atoms with E-state index in [0.717, 1.165) is 18.7 Å². The van der Waals surface area contributed by atoms with Gasteiger partial charge in [-0.05, 0) is 60.3 Å². The molecule has 0 unspecified atom stereocenters. The Bertz CT molecular complexity index is 596. The molecule has 1 aromatic rings. The predicted molar refractivity (Wildman–Crippen MR) is 108 cm³/mol. The normalized spacial score (nSPS) is 16.9. The molecule has 1 fully saturated rings. The van der Waals surface area contributed by atoms with Crippen LogP contribution in [0.25, 0.3) is 6.08 Å². The maximum Gasteiger partial charge on any atom is 0.207 e. The summed E-state index contributed by atoms with van der Waals surface area (Å²) < 4.78 is 0. The number of benzene rings is 1. The Morgan fingerprint density at radius 2 is 2.04 bits per heavy atom. The number of carbonyl (C=O) groups excluding carboxylic acids is 1. The summed E-state index contributed by atoms with van der Waals surface area (Å²) in [6, 6.07) is 7.19. The molecule has 0 aromatic heterocycles. The van der Waals surface area contributed by atoms with Crippen molar-refractivity contribution >= 4 is 18.2 Å². The first-order chi connectivity index (χ1) is 11.8. The first-order valence-corrected chi connectivity index (χ1v) is 9.52. The van der Waals surface area contributed by atoms with Crippen LogP contribution in [-0.2, 0) is 11.3 Å². The zero-order valence-corrected chi connectivity index (χ0v) is 16.5. The minimum atomic E-state index is 0.458. The van der Waals surface area contributed by atoms with E-state index in [1.54, 1.807) is 0 Å². The van der Waals surface area contributed by atoms with Crippen LogP contribution >= 0.6 is 0 Å². The van der Waals surface area contributed by atoms with Gasteiger partial charge >= 0.3 is 0 Å². The molecule has 1 aliphatic carbocycles. The maximum absolute atomic E-state index is 10.8. The number of amides is 1. The zero-order chi connectivity index (χ0) is 18.4. The summed E-state index contributed by atoms with van der Waals surface area (Å²) in [6.07, 6.45) is 10.0. The average Bonchev–Trinajstić information content (AvgIpc) is 2.54. The Hall–Kier alpha value is -1.77. The highest BCUT2D eigenvalue weighted by Gasteiger charge is 2.38. The fourth-order valence-corrected chi connectivity index (χ4v) is 3.68. The van der Waals surface area contributed by atoms with Gasteiger partial charge in [0.2, 0.25) is 6.41 Å². The highest BCUT2D eigenvalue weighted by Crippen LogP contribution is 2.44. The van der Waals surface area contributed by atoms with E-state index >= 15 is 0 Å². The summed E-state index contributed by atoms with van der Waals surface area (Å²) in [4.78, 5) is 13.2. The van der Waals surface area contributed by atoms with Crippen LogP contribution in [0.1, 0.15) is 64.5 Å². The monoisotopic (exact) mass is 342 g/mol. The molecule has 3 nitrogen and oxygen atoms in total. The van der Waals surface area contributed by atoms with Gasteiger partial charge in [0, 0.05) is 25.3 Å². The number of hydrogen-bond acceptors (Lipinski definition) is 2. The molecular weight excluding hydrogens is 308 g/mol. The summed E-state index contributed by atoms with van der Waals surface area (Å²) in [5.41, 5.74) is 4.08. The van der Waals surface area contributed by atoms with E-state index in [-0.39, 0.29) is 0 Å². The third kappa shape index (κ3) is 5.62. The molecule has 0 bridgehead atoms. The highest BCUT2D eigenvalue weighted by molar-refractivity contribution is 5.62. The van der Waals surface area contributed by atoms with Crippen molar-refractivity contribution < 1.29 is 4.79 Å². The second-order valence-corrected chi connectivity index (χ2v) is 8.60. The molecule has 0 saturated heterocycles. The van der Waals surface area contributed by atoms with E-state index in [4.69, 9.17) is 0 Å². The molecule has 1 aliphatic rings. The fourth-order valence-electron chi connectivity index (χ4n) is 3.68. The van der Waals surface area contributed by atoms with Crippen molar-refractivity contribution in [2.75, 3.05) is 11.9 Å². The van der Waals surface area contributed by atoms with Crippen molar-refractivity contribution in [2.45, 2.75) is 66.0 Å². The first-order valence-electron chi connectivity index (χ1n) is 9.52. The smallest absolute Gasteiger partial charge is 0.207 e. The molecule has 1 amide bonds. The lowest BCUT2D eigenvalue weighted by Gasteiger charge is -2.48.